The minimum Gasteiger partial charge on any atom is -0.352 e. The third-order valence-corrected chi connectivity index (χ3v) is 3.37. The SMILES string of the molecule is Cc1cc(F)ccc1NC(=O)CC(NC(N)=O)c1ccccc1. The Morgan fingerprint density at radius 2 is 1.87 bits per heavy atom. The zero-order chi connectivity index (χ0) is 16.8. The third kappa shape index (κ3) is 4.81. The molecule has 3 amide bonds. The average molecular weight is 315 g/mol. The van der Waals surface area contributed by atoms with Crippen LogP contribution in [0.3, 0.4) is 0 Å². The van der Waals surface area contributed by atoms with E-state index in [0.717, 1.165) is 5.56 Å². The van der Waals surface area contributed by atoms with E-state index in [9.17, 15) is 14.0 Å². The average Bonchev–Trinajstić information content (AvgIpc) is 2.50. The van der Waals surface area contributed by atoms with Crippen molar-refractivity contribution in [3.8, 4) is 0 Å². The number of halogens is 1. The highest BCUT2D eigenvalue weighted by Gasteiger charge is 2.17. The Hall–Kier alpha value is -2.89. The molecule has 0 aliphatic carbocycles. The Kier molecular flexibility index (Phi) is 5.30. The quantitative estimate of drug-likeness (QED) is 0.792. The van der Waals surface area contributed by atoms with Crippen molar-refractivity contribution in [3.05, 3.63) is 65.5 Å². The van der Waals surface area contributed by atoms with Crippen molar-refractivity contribution in [1.29, 1.82) is 0 Å². The van der Waals surface area contributed by atoms with Crippen LogP contribution in [0, 0.1) is 12.7 Å². The van der Waals surface area contributed by atoms with E-state index >= 15 is 0 Å². The maximum Gasteiger partial charge on any atom is 0.312 e. The molecule has 2 rings (SSSR count). The summed E-state index contributed by atoms with van der Waals surface area (Å²) < 4.78 is 13.1. The van der Waals surface area contributed by atoms with Gasteiger partial charge in [-0.1, -0.05) is 30.3 Å². The van der Waals surface area contributed by atoms with Crippen molar-refractivity contribution in [3.63, 3.8) is 0 Å². The van der Waals surface area contributed by atoms with Gasteiger partial charge in [0.05, 0.1) is 12.5 Å². The number of primary amides is 1. The molecule has 0 saturated carbocycles. The smallest absolute Gasteiger partial charge is 0.312 e. The molecule has 0 fully saturated rings. The fraction of sp³-hybridized carbons (Fsp3) is 0.176. The lowest BCUT2D eigenvalue weighted by atomic mass is 10.0. The molecule has 5 nitrogen and oxygen atoms in total. The lowest BCUT2D eigenvalue weighted by Crippen LogP contribution is -2.35. The highest BCUT2D eigenvalue weighted by atomic mass is 19.1. The number of hydrogen-bond donors (Lipinski definition) is 3. The summed E-state index contributed by atoms with van der Waals surface area (Å²) in [4.78, 5) is 23.4. The number of rotatable bonds is 5. The molecule has 0 saturated heterocycles. The minimum atomic E-state index is -0.704. The van der Waals surface area contributed by atoms with Crippen LogP contribution in [0.1, 0.15) is 23.6 Å². The molecule has 0 bridgehead atoms. The highest BCUT2D eigenvalue weighted by Crippen LogP contribution is 2.20. The summed E-state index contributed by atoms with van der Waals surface area (Å²) in [6.45, 7) is 1.70. The van der Waals surface area contributed by atoms with Crippen LogP contribution >= 0.6 is 0 Å². The number of carbonyl (C=O) groups is 2. The molecule has 2 aromatic rings. The van der Waals surface area contributed by atoms with Crippen LogP contribution in [0.5, 0.6) is 0 Å². The first kappa shape index (κ1) is 16.5. The molecule has 1 unspecified atom stereocenters. The van der Waals surface area contributed by atoms with Crippen molar-refractivity contribution in [2.75, 3.05) is 5.32 Å². The Morgan fingerprint density at radius 1 is 1.17 bits per heavy atom. The van der Waals surface area contributed by atoms with Crippen LogP contribution in [-0.4, -0.2) is 11.9 Å². The second-order valence-corrected chi connectivity index (χ2v) is 5.18. The maximum absolute atomic E-state index is 13.1. The summed E-state index contributed by atoms with van der Waals surface area (Å²) in [5.74, 6) is -0.666. The summed E-state index contributed by atoms with van der Waals surface area (Å²) in [7, 11) is 0. The molecular weight excluding hydrogens is 297 g/mol. The number of hydrogen-bond acceptors (Lipinski definition) is 2. The molecule has 120 valence electrons. The van der Waals surface area contributed by atoms with Gasteiger partial charge >= 0.3 is 6.03 Å². The molecule has 2 aromatic carbocycles. The Bertz CT molecular complexity index is 704. The van der Waals surface area contributed by atoms with Gasteiger partial charge in [-0.15, -0.1) is 0 Å². The van der Waals surface area contributed by atoms with Crippen LogP contribution in [0.4, 0.5) is 14.9 Å². The predicted octanol–water partition coefficient (Wildman–Crippen LogP) is 2.87. The van der Waals surface area contributed by atoms with Gasteiger partial charge in [0.1, 0.15) is 5.82 Å². The van der Waals surface area contributed by atoms with Gasteiger partial charge in [0, 0.05) is 5.69 Å². The van der Waals surface area contributed by atoms with E-state index in [1.54, 1.807) is 19.1 Å². The molecular formula is C17H18FN3O2. The van der Waals surface area contributed by atoms with Crippen LogP contribution < -0.4 is 16.4 Å². The van der Waals surface area contributed by atoms with Crippen molar-refractivity contribution in [1.82, 2.24) is 5.32 Å². The first-order valence-corrected chi connectivity index (χ1v) is 7.12. The predicted molar refractivity (Wildman–Crippen MR) is 86.3 cm³/mol. The van der Waals surface area contributed by atoms with Gasteiger partial charge in [0.15, 0.2) is 0 Å². The summed E-state index contributed by atoms with van der Waals surface area (Å²) in [6, 6.07) is 12.0. The lowest BCUT2D eigenvalue weighted by Gasteiger charge is -2.18. The lowest BCUT2D eigenvalue weighted by molar-refractivity contribution is -0.116. The molecule has 0 radical (unpaired) electrons. The number of amides is 3. The van der Waals surface area contributed by atoms with Gasteiger partial charge in [0.2, 0.25) is 5.91 Å². The fourth-order valence-corrected chi connectivity index (χ4v) is 2.26. The summed E-state index contributed by atoms with van der Waals surface area (Å²) in [5.41, 5.74) is 7.10. The standard InChI is InChI=1S/C17H18FN3O2/c1-11-9-13(18)7-8-14(11)20-16(22)10-15(21-17(19)23)12-5-3-2-4-6-12/h2-9,15H,10H2,1H3,(H,20,22)(H3,19,21,23). The number of benzene rings is 2. The van der Waals surface area contributed by atoms with E-state index in [4.69, 9.17) is 5.73 Å². The second-order valence-electron chi connectivity index (χ2n) is 5.18. The van der Waals surface area contributed by atoms with E-state index in [0.29, 0.717) is 11.3 Å². The van der Waals surface area contributed by atoms with E-state index in [2.05, 4.69) is 10.6 Å². The maximum atomic E-state index is 13.1. The van der Waals surface area contributed by atoms with Gasteiger partial charge in [-0.2, -0.15) is 0 Å². The van der Waals surface area contributed by atoms with Gasteiger partial charge < -0.3 is 16.4 Å². The molecule has 0 aliphatic heterocycles. The van der Waals surface area contributed by atoms with Crippen molar-refractivity contribution in [2.24, 2.45) is 5.73 Å². The molecule has 4 N–H and O–H groups in total. The topological polar surface area (TPSA) is 84.2 Å². The zero-order valence-electron chi connectivity index (χ0n) is 12.7. The first-order chi connectivity index (χ1) is 11.0. The van der Waals surface area contributed by atoms with Crippen LogP contribution in [0.2, 0.25) is 0 Å². The number of nitrogens with two attached hydrogens (primary N) is 1. The molecule has 0 aromatic heterocycles. The molecule has 0 aliphatic rings. The number of carbonyl (C=O) groups excluding carboxylic acids is 2. The summed E-state index contributed by atoms with van der Waals surface area (Å²) in [6.07, 6.45) is 0.0176. The van der Waals surface area contributed by atoms with Gasteiger partial charge in [0.25, 0.3) is 0 Å². The molecule has 0 spiro atoms. The summed E-state index contributed by atoms with van der Waals surface area (Å²) in [5, 5.41) is 5.27. The van der Waals surface area contributed by atoms with E-state index < -0.39 is 12.1 Å². The van der Waals surface area contributed by atoms with Gasteiger partial charge in [-0.3, -0.25) is 4.79 Å². The summed E-state index contributed by atoms with van der Waals surface area (Å²) >= 11 is 0. The van der Waals surface area contributed by atoms with Crippen LogP contribution in [0.25, 0.3) is 0 Å². The van der Waals surface area contributed by atoms with Crippen LogP contribution in [-0.2, 0) is 4.79 Å². The van der Waals surface area contributed by atoms with Crippen LogP contribution in [0.15, 0.2) is 48.5 Å². The number of anilines is 1. The first-order valence-electron chi connectivity index (χ1n) is 7.12. The number of nitrogens with one attached hydrogen (secondary N) is 2. The van der Waals surface area contributed by atoms with E-state index in [1.807, 2.05) is 18.2 Å². The Morgan fingerprint density at radius 3 is 2.48 bits per heavy atom. The molecule has 6 heteroatoms. The molecule has 0 heterocycles. The normalized spacial score (nSPS) is 11.6. The van der Waals surface area contributed by atoms with Gasteiger partial charge in [-0.25, -0.2) is 9.18 Å². The molecule has 23 heavy (non-hydrogen) atoms. The molecule has 1 atom stereocenters. The van der Waals surface area contributed by atoms with E-state index in [1.165, 1.54) is 18.2 Å². The van der Waals surface area contributed by atoms with Crippen molar-refractivity contribution < 1.29 is 14.0 Å². The van der Waals surface area contributed by atoms with E-state index in [-0.39, 0.29) is 18.1 Å². The zero-order valence-corrected chi connectivity index (χ0v) is 12.7. The Balaban J connectivity index is 2.09. The monoisotopic (exact) mass is 315 g/mol. The largest absolute Gasteiger partial charge is 0.352 e. The third-order valence-electron chi connectivity index (χ3n) is 3.37. The fourth-order valence-electron chi connectivity index (χ4n) is 2.26. The number of aryl methyl sites for hydroxylation is 1. The highest BCUT2D eigenvalue weighted by molar-refractivity contribution is 5.92. The number of urea groups is 1. The van der Waals surface area contributed by atoms with Gasteiger partial charge in [-0.05, 0) is 36.2 Å². The van der Waals surface area contributed by atoms with Crippen molar-refractivity contribution >= 4 is 17.6 Å². The van der Waals surface area contributed by atoms with Crippen molar-refractivity contribution in [2.45, 2.75) is 19.4 Å². The second kappa shape index (κ2) is 7.40. The Labute approximate surface area is 133 Å². The minimum absolute atomic E-state index is 0.0176.